The summed E-state index contributed by atoms with van der Waals surface area (Å²) in [6.45, 7) is 2.43. The van der Waals surface area contributed by atoms with Crippen LogP contribution in [0, 0.1) is 11.7 Å². The predicted octanol–water partition coefficient (Wildman–Crippen LogP) is 3.97. The third-order valence-electron chi connectivity index (χ3n) is 5.92. The van der Waals surface area contributed by atoms with Gasteiger partial charge in [-0.15, -0.1) is 0 Å². The van der Waals surface area contributed by atoms with Gasteiger partial charge >= 0.3 is 0 Å². The van der Waals surface area contributed by atoms with Gasteiger partial charge in [-0.2, -0.15) is 0 Å². The fourth-order valence-electron chi connectivity index (χ4n) is 4.30. The van der Waals surface area contributed by atoms with Gasteiger partial charge in [0.25, 0.3) is 0 Å². The molecule has 2 aromatic rings. The molecule has 7 heteroatoms. The Hall–Kier alpha value is -2.38. The number of ether oxygens (including phenoxy) is 2. The molecule has 160 valence electrons. The average Bonchev–Trinajstić information content (AvgIpc) is 2.97. The summed E-state index contributed by atoms with van der Waals surface area (Å²) in [5, 5.41) is 0. The highest BCUT2D eigenvalue weighted by molar-refractivity contribution is 7.95. The van der Waals surface area contributed by atoms with E-state index in [1.807, 2.05) is 12.1 Å². The number of rotatable bonds is 5. The third kappa shape index (κ3) is 4.09. The fourth-order valence-corrected chi connectivity index (χ4v) is 6.04. The first-order chi connectivity index (χ1) is 14.4. The van der Waals surface area contributed by atoms with E-state index in [4.69, 9.17) is 9.47 Å². The van der Waals surface area contributed by atoms with E-state index in [2.05, 4.69) is 4.90 Å². The summed E-state index contributed by atoms with van der Waals surface area (Å²) in [5.41, 5.74) is 1.71. The fraction of sp³-hybridized carbons (Fsp3) is 0.391. The van der Waals surface area contributed by atoms with E-state index in [-0.39, 0.29) is 11.7 Å². The topological polar surface area (TPSA) is 55.8 Å². The number of hydrogen-bond acceptors (Lipinski definition) is 5. The zero-order valence-corrected chi connectivity index (χ0v) is 18.0. The molecule has 0 N–H and O–H groups in total. The molecule has 4 rings (SSSR count). The Morgan fingerprint density at radius 2 is 1.80 bits per heavy atom. The Morgan fingerprint density at radius 1 is 1.10 bits per heavy atom. The Labute approximate surface area is 177 Å². The highest BCUT2D eigenvalue weighted by atomic mass is 32.2. The van der Waals surface area contributed by atoms with E-state index in [0.717, 1.165) is 37.1 Å². The molecule has 0 aromatic heterocycles. The molecule has 0 aliphatic carbocycles. The van der Waals surface area contributed by atoms with Gasteiger partial charge in [-0.1, -0.05) is 18.2 Å². The lowest BCUT2D eigenvalue weighted by Crippen LogP contribution is -2.32. The highest BCUT2D eigenvalue weighted by Gasteiger charge is 2.34. The molecule has 0 unspecified atom stereocenters. The van der Waals surface area contributed by atoms with Gasteiger partial charge in [0.15, 0.2) is 11.5 Å². The van der Waals surface area contributed by atoms with Gasteiger partial charge in [-0.25, -0.2) is 12.8 Å². The largest absolute Gasteiger partial charge is 0.493 e. The molecule has 1 fully saturated rings. The van der Waals surface area contributed by atoms with Gasteiger partial charge in [0.1, 0.15) is 5.82 Å². The van der Waals surface area contributed by atoms with Crippen LogP contribution in [0.3, 0.4) is 0 Å². The number of sulfone groups is 1. The number of methoxy groups -OCH3 is 2. The van der Waals surface area contributed by atoms with Crippen LogP contribution in [0.1, 0.15) is 24.0 Å². The lowest BCUT2D eigenvalue weighted by Gasteiger charge is -2.30. The SMILES string of the molecule is COc1cc2c(cc1OC)S(=O)(=O)/C(=C/C1CCN(Cc3cccc(F)c3)CC1)C2. The van der Waals surface area contributed by atoms with E-state index in [0.29, 0.717) is 34.3 Å². The highest BCUT2D eigenvalue weighted by Crippen LogP contribution is 2.41. The average molecular weight is 432 g/mol. The summed E-state index contributed by atoms with van der Waals surface area (Å²) < 4.78 is 50.1. The van der Waals surface area contributed by atoms with Crippen LogP contribution in [-0.2, 0) is 22.8 Å². The number of allylic oxidation sites excluding steroid dienone is 2. The van der Waals surface area contributed by atoms with Gasteiger partial charge in [0.2, 0.25) is 9.84 Å². The van der Waals surface area contributed by atoms with Gasteiger partial charge in [-0.05, 0) is 61.2 Å². The van der Waals surface area contributed by atoms with Crippen molar-refractivity contribution in [3.63, 3.8) is 0 Å². The van der Waals surface area contributed by atoms with Crippen LogP contribution >= 0.6 is 0 Å². The van der Waals surface area contributed by atoms with Crippen molar-refractivity contribution < 1.29 is 22.3 Å². The summed E-state index contributed by atoms with van der Waals surface area (Å²) in [6.07, 6.45) is 4.10. The molecule has 0 spiro atoms. The van der Waals surface area contributed by atoms with Gasteiger partial charge in [0.05, 0.1) is 19.1 Å². The molecular weight excluding hydrogens is 405 g/mol. The van der Waals surface area contributed by atoms with Crippen LogP contribution < -0.4 is 9.47 Å². The van der Waals surface area contributed by atoms with Gasteiger partial charge < -0.3 is 9.47 Å². The molecule has 2 heterocycles. The van der Waals surface area contributed by atoms with Crippen LogP contribution in [0.4, 0.5) is 4.39 Å². The van der Waals surface area contributed by atoms with E-state index in [1.54, 1.807) is 31.4 Å². The summed E-state index contributed by atoms with van der Waals surface area (Å²) in [5.74, 6) is 0.966. The number of halogens is 1. The Kier molecular flexibility index (Phi) is 5.84. The van der Waals surface area contributed by atoms with Crippen molar-refractivity contribution in [1.82, 2.24) is 4.90 Å². The van der Waals surface area contributed by atoms with Crippen LogP contribution in [0.2, 0.25) is 0 Å². The summed E-state index contributed by atoms with van der Waals surface area (Å²) in [7, 11) is -0.456. The third-order valence-corrected chi connectivity index (χ3v) is 7.84. The second-order valence-electron chi connectivity index (χ2n) is 7.87. The van der Waals surface area contributed by atoms with Crippen molar-refractivity contribution in [1.29, 1.82) is 0 Å². The monoisotopic (exact) mass is 431 g/mol. The van der Waals surface area contributed by atoms with Gasteiger partial charge in [-0.3, -0.25) is 4.90 Å². The summed E-state index contributed by atoms with van der Waals surface area (Å²) in [6, 6.07) is 10.0. The Morgan fingerprint density at radius 3 is 2.47 bits per heavy atom. The lowest BCUT2D eigenvalue weighted by molar-refractivity contribution is 0.195. The van der Waals surface area contributed by atoms with Crippen molar-refractivity contribution in [2.24, 2.45) is 5.92 Å². The molecule has 0 saturated carbocycles. The number of hydrogen-bond donors (Lipinski definition) is 0. The lowest BCUT2D eigenvalue weighted by atomic mass is 9.95. The second kappa shape index (κ2) is 8.40. The first-order valence-electron chi connectivity index (χ1n) is 10.1. The standard InChI is InChI=1S/C23H26FNO4S/c1-28-21-13-18-12-20(30(26,27)23(18)14-22(21)29-2)11-16-6-8-25(9-7-16)15-17-4-3-5-19(24)10-17/h3-5,10-11,13-14,16H,6-9,12,15H2,1-2H3/b20-11+. The molecule has 2 aromatic carbocycles. The number of nitrogens with zero attached hydrogens (tertiary/aromatic N) is 1. The molecule has 1 saturated heterocycles. The Bertz CT molecular complexity index is 1070. The van der Waals surface area contributed by atoms with E-state index in [1.165, 1.54) is 13.2 Å². The molecule has 0 radical (unpaired) electrons. The molecule has 2 aliphatic rings. The van der Waals surface area contributed by atoms with E-state index >= 15 is 0 Å². The predicted molar refractivity (Wildman–Crippen MR) is 113 cm³/mol. The van der Waals surface area contributed by atoms with Crippen LogP contribution in [0.25, 0.3) is 0 Å². The van der Waals surface area contributed by atoms with Gasteiger partial charge in [0, 0.05) is 23.9 Å². The summed E-state index contributed by atoms with van der Waals surface area (Å²) in [4.78, 5) is 3.07. The molecule has 5 nitrogen and oxygen atoms in total. The number of benzene rings is 2. The van der Waals surface area contributed by atoms with Crippen molar-refractivity contribution in [3.8, 4) is 11.5 Å². The minimum Gasteiger partial charge on any atom is -0.493 e. The minimum absolute atomic E-state index is 0.216. The molecule has 0 bridgehead atoms. The number of piperidine rings is 1. The van der Waals surface area contributed by atoms with Crippen molar-refractivity contribution >= 4 is 9.84 Å². The van der Waals surface area contributed by atoms with Crippen LogP contribution in [-0.4, -0.2) is 40.6 Å². The first-order valence-corrected chi connectivity index (χ1v) is 11.6. The van der Waals surface area contributed by atoms with Crippen molar-refractivity contribution in [2.45, 2.75) is 30.7 Å². The van der Waals surface area contributed by atoms with Crippen molar-refractivity contribution in [2.75, 3.05) is 27.3 Å². The normalized spacial score (nSPS) is 20.3. The molecule has 30 heavy (non-hydrogen) atoms. The Balaban J connectivity index is 1.45. The molecule has 0 atom stereocenters. The van der Waals surface area contributed by atoms with Crippen molar-refractivity contribution in [3.05, 3.63) is 64.3 Å². The zero-order valence-electron chi connectivity index (χ0n) is 17.2. The molecule has 0 amide bonds. The first kappa shape index (κ1) is 20.9. The number of likely N-dealkylation sites (tertiary alicyclic amines) is 1. The van der Waals surface area contributed by atoms with E-state index in [9.17, 15) is 12.8 Å². The summed E-state index contributed by atoms with van der Waals surface area (Å²) >= 11 is 0. The van der Waals surface area contributed by atoms with Crippen LogP contribution in [0.5, 0.6) is 11.5 Å². The second-order valence-corrected chi connectivity index (χ2v) is 9.84. The minimum atomic E-state index is -3.50. The number of fused-ring (bicyclic) bond motifs is 1. The molecular formula is C23H26FNO4S. The van der Waals surface area contributed by atoms with Crippen LogP contribution in [0.15, 0.2) is 52.3 Å². The molecule has 2 aliphatic heterocycles. The maximum atomic E-state index is 13.4. The quantitative estimate of drug-likeness (QED) is 0.717. The van der Waals surface area contributed by atoms with E-state index < -0.39 is 9.84 Å². The maximum absolute atomic E-state index is 13.4. The smallest absolute Gasteiger partial charge is 0.203 e. The maximum Gasteiger partial charge on any atom is 0.203 e. The zero-order chi connectivity index (χ0) is 21.3.